The fraction of sp³-hybridized carbons (Fsp3) is 0.111. The zero-order valence-corrected chi connectivity index (χ0v) is 14.6. The Bertz CT molecular complexity index is 988. The molecule has 6 heteroatoms. The average Bonchev–Trinajstić information content (AvgIpc) is 3.19. The number of hydrogen-bond donors (Lipinski definition) is 2. The van der Waals surface area contributed by atoms with Gasteiger partial charge in [0, 0.05) is 22.3 Å². The number of rotatable bonds is 4. The molecule has 0 spiro atoms. The second kappa shape index (κ2) is 6.26. The molecule has 2 aromatic heterocycles. The van der Waals surface area contributed by atoms with Crippen molar-refractivity contribution in [2.75, 3.05) is 5.32 Å². The zero-order chi connectivity index (χ0) is 16.5. The van der Waals surface area contributed by atoms with Crippen molar-refractivity contribution >= 4 is 39.7 Å². The molecule has 2 N–H and O–H groups in total. The lowest BCUT2D eigenvalue weighted by atomic mass is 10.2. The van der Waals surface area contributed by atoms with Crippen LogP contribution in [-0.4, -0.2) is 15.0 Å². The molecule has 2 heterocycles. The summed E-state index contributed by atoms with van der Waals surface area (Å²) in [5.41, 5.74) is 5.39. The maximum atomic E-state index is 5.84. The Labute approximate surface area is 148 Å². The molecule has 4 aromatic rings. The maximum absolute atomic E-state index is 5.84. The van der Waals surface area contributed by atoms with Gasteiger partial charge < -0.3 is 10.3 Å². The van der Waals surface area contributed by atoms with Gasteiger partial charge in [0.15, 0.2) is 4.47 Å². The van der Waals surface area contributed by atoms with E-state index in [2.05, 4.69) is 63.6 Å². The average molecular weight is 355 g/mol. The van der Waals surface area contributed by atoms with Crippen molar-refractivity contribution in [2.45, 2.75) is 13.5 Å². The lowest BCUT2D eigenvalue weighted by molar-refractivity contribution is 1.17. The summed E-state index contributed by atoms with van der Waals surface area (Å²) in [6, 6.07) is 14.5. The molecule has 0 atom stereocenters. The Balaban J connectivity index is 1.51. The molecule has 0 fully saturated rings. The minimum Gasteiger partial charge on any atom is -0.380 e. The molecule has 0 aliphatic rings. The van der Waals surface area contributed by atoms with Crippen LogP contribution in [0.25, 0.3) is 22.4 Å². The minimum absolute atomic E-state index is 0.572. The van der Waals surface area contributed by atoms with E-state index in [4.69, 9.17) is 11.6 Å². The number of imidazole rings is 1. The predicted octanol–water partition coefficient (Wildman–Crippen LogP) is 5.26. The van der Waals surface area contributed by atoms with E-state index in [0.29, 0.717) is 11.0 Å². The first-order valence-corrected chi connectivity index (χ1v) is 8.78. The number of nitrogens with one attached hydrogen (secondary N) is 2. The summed E-state index contributed by atoms with van der Waals surface area (Å²) in [5, 5.41) is 3.37. The third-order valence-electron chi connectivity index (χ3n) is 3.79. The largest absolute Gasteiger partial charge is 0.380 e. The molecule has 2 aromatic carbocycles. The molecule has 4 rings (SSSR count). The van der Waals surface area contributed by atoms with Gasteiger partial charge in [0.1, 0.15) is 5.82 Å². The number of H-pyrrole nitrogens is 1. The number of anilines is 1. The van der Waals surface area contributed by atoms with Crippen LogP contribution in [0.15, 0.2) is 48.7 Å². The van der Waals surface area contributed by atoms with E-state index in [-0.39, 0.29) is 0 Å². The highest BCUT2D eigenvalue weighted by atomic mass is 35.5. The molecule has 120 valence electrons. The number of benzene rings is 2. The first kappa shape index (κ1) is 15.2. The monoisotopic (exact) mass is 354 g/mol. The molecule has 0 bridgehead atoms. The minimum atomic E-state index is 0.572. The summed E-state index contributed by atoms with van der Waals surface area (Å²) < 4.78 is 0.572. The molecule has 0 aliphatic heterocycles. The van der Waals surface area contributed by atoms with Crippen LogP contribution in [0.4, 0.5) is 5.69 Å². The van der Waals surface area contributed by atoms with Crippen molar-refractivity contribution in [3.8, 4) is 11.4 Å². The Morgan fingerprint density at radius 3 is 2.75 bits per heavy atom. The molecular weight excluding hydrogens is 340 g/mol. The quantitative estimate of drug-likeness (QED) is 0.525. The molecular formula is C18H15ClN4S. The van der Waals surface area contributed by atoms with Crippen LogP contribution in [0.2, 0.25) is 4.47 Å². The van der Waals surface area contributed by atoms with E-state index in [9.17, 15) is 0 Å². The summed E-state index contributed by atoms with van der Waals surface area (Å²) in [6.07, 6.45) is 1.80. The van der Waals surface area contributed by atoms with Gasteiger partial charge in [-0.25, -0.2) is 9.97 Å². The second-order valence-electron chi connectivity index (χ2n) is 5.62. The Hall–Kier alpha value is -2.37. The van der Waals surface area contributed by atoms with E-state index in [0.717, 1.165) is 33.0 Å². The molecule has 24 heavy (non-hydrogen) atoms. The Morgan fingerprint density at radius 2 is 2.00 bits per heavy atom. The van der Waals surface area contributed by atoms with Gasteiger partial charge in [-0.2, -0.15) is 0 Å². The Morgan fingerprint density at radius 1 is 1.17 bits per heavy atom. The normalized spacial score (nSPS) is 11.1. The van der Waals surface area contributed by atoms with Gasteiger partial charge in [0.05, 0.1) is 17.6 Å². The van der Waals surface area contributed by atoms with Crippen LogP contribution < -0.4 is 5.32 Å². The van der Waals surface area contributed by atoms with Crippen molar-refractivity contribution in [2.24, 2.45) is 0 Å². The SMILES string of the molecule is Cc1ccc2nc(-c3ccc(NCc4cnc(Cl)s4)cc3)[nH]c2c1. The van der Waals surface area contributed by atoms with E-state index < -0.39 is 0 Å². The van der Waals surface area contributed by atoms with Crippen molar-refractivity contribution in [1.29, 1.82) is 0 Å². The Kier molecular flexibility index (Phi) is 3.96. The summed E-state index contributed by atoms with van der Waals surface area (Å²) in [4.78, 5) is 13.2. The highest BCUT2D eigenvalue weighted by Crippen LogP contribution is 2.24. The number of fused-ring (bicyclic) bond motifs is 1. The topological polar surface area (TPSA) is 53.6 Å². The molecule has 4 nitrogen and oxygen atoms in total. The lowest BCUT2D eigenvalue weighted by Crippen LogP contribution is -1.97. The van der Waals surface area contributed by atoms with Crippen LogP contribution in [0.3, 0.4) is 0 Å². The molecule has 0 amide bonds. The van der Waals surface area contributed by atoms with Crippen molar-refractivity contribution in [3.63, 3.8) is 0 Å². The summed E-state index contributed by atoms with van der Waals surface area (Å²) in [5.74, 6) is 0.886. The van der Waals surface area contributed by atoms with Gasteiger partial charge in [-0.3, -0.25) is 0 Å². The van der Waals surface area contributed by atoms with E-state index >= 15 is 0 Å². The highest BCUT2D eigenvalue weighted by molar-refractivity contribution is 7.15. The van der Waals surface area contributed by atoms with Crippen LogP contribution >= 0.6 is 22.9 Å². The molecule has 0 saturated heterocycles. The van der Waals surface area contributed by atoms with Crippen molar-refractivity contribution in [3.05, 3.63) is 63.6 Å². The highest BCUT2D eigenvalue weighted by Gasteiger charge is 2.06. The van der Waals surface area contributed by atoms with E-state index in [1.54, 1.807) is 6.20 Å². The smallest absolute Gasteiger partial charge is 0.183 e. The first-order valence-electron chi connectivity index (χ1n) is 7.58. The summed E-state index contributed by atoms with van der Waals surface area (Å²) in [7, 11) is 0. The van der Waals surface area contributed by atoms with Gasteiger partial charge >= 0.3 is 0 Å². The van der Waals surface area contributed by atoms with E-state index in [1.807, 2.05) is 6.07 Å². The summed E-state index contributed by atoms with van der Waals surface area (Å²) in [6.45, 7) is 2.80. The van der Waals surface area contributed by atoms with Crippen LogP contribution in [0.5, 0.6) is 0 Å². The van der Waals surface area contributed by atoms with Gasteiger partial charge in [-0.1, -0.05) is 17.7 Å². The van der Waals surface area contributed by atoms with Gasteiger partial charge in [0.2, 0.25) is 0 Å². The number of aromatic amines is 1. The third-order valence-corrected chi connectivity index (χ3v) is 4.90. The fourth-order valence-corrected chi connectivity index (χ4v) is 3.48. The van der Waals surface area contributed by atoms with Gasteiger partial charge in [-0.05, 0) is 48.9 Å². The first-order chi connectivity index (χ1) is 11.7. The zero-order valence-electron chi connectivity index (χ0n) is 13.0. The predicted molar refractivity (Wildman–Crippen MR) is 101 cm³/mol. The third kappa shape index (κ3) is 3.13. The molecule has 0 radical (unpaired) electrons. The molecule has 0 saturated carbocycles. The second-order valence-corrected chi connectivity index (χ2v) is 7.31. The molecule has 0 unspecified atom stereocenters. The number of thiazole rings is 1. The van der Waals surface area contributed by atoms with Gasteiger partial charge in [0.25, 0.3) is 0 Å². The van der Waals surface area contributed by atoms with Crippen LogP contribution in [0, 0.1) is 6.92 Å². The van der Waals surface area contributed by atoms with Crippen molar-refractivity contribution in [1.82, 2.24) is 15.0 Å². The van der Waals surface area contributed by atoms with E-state index in [1.165, 1.54) is 16.9 Å². The van der Waals surface area contributed by atoms with Crippen LogP contribution in [-0.2, 0) is 6.54 Å². The lowest BCUT2D eigenvalue weighted by Gasteiger charge is -2.05. The maximum Gasteiger partial charge on any atom is 0.183 e. The summed E-state index contributed by atoms with van der Waals surface area (Å²) >= 11 is 7.33. The van der Waals surface area contributed by atoms with Gasteiger partial charge in [-0.15, -0.1) is 11.3 Å². The number of hydrogen-bond acceptors (Lipinski definition) is 4. The van der Waals surface area contributed by atoms with Crippen molar-refractivity contribution < 1.29 is 0 Å². The standard InChI is InChI=1S/C18H15ClN4S/c1-11-2-7-15-16(8-11)23-17(22-15)12-3-5-13(6-4-12)20-9-14-10-21-18(19)24-14/h2-8,10,20H,9H2,1H3,(H,22,23). The number of halogens is 1. The number of aryl methyl sites for hydroxylation is 1. The fourth-order valence-electron chi connectivity index (χ4n) is 2.56. The number of nitrogens with zero attached hydrogens (tertiary/aromatic N) is 2. The molecule has 0 aliphatic carbocycles. The number of aromatic nitrogens is 3. The van der Waals surface area contributed by atoms with Crippen LogP contribution in [0.1, 0.15) is 10.4 Å².